The topological polar surface area (TPSA) is 69.6 Å². The Morgan fingerprint density at radius 2 is 1.80 bits per heavy atom. The summed E-state index contributed by atoms with van der Waals surface area (Å²) in [6.07, 6.45) is 4.55. The summed E-state index contributed by atoms with van der Waals surface area (Å²) in [7, 11) is 0. The van der Waals surface area contributed by atoms with Crippen molar-refractivity contribution in [3.8, 4) is 0 Å². The molecule has 1 aliphatic rings. The number of nitrogens with one attached hydrogen (secondary N) is 1. The third kappa shape index (κ3) is 4.78. The van der Waals surface area contributed by atoms with Crippen LogP contribution in [0.5, 0.6) is 0 Å². The van der Waals surface area contributed by atoms with E-state index in [4.69, 9.17) is 0 Å². The molecule has 0 radical (unpaired) electrons. The van der Waals surface area contributed by atoms with E-state index in [1.54, 1.807) is 0 Å². The average molecular weight is 284 g/mol. The molecule has 0 aromatic heterocycles. The van der Waals surface area contributed by atoms with E-state index in [0.717, 1.165) is 13.0 Å². The molecule has 0 aliphatic carbocycles. The maximum Gasteiger partial charge on any atom is 0.310 e. The Morgan fingerprint density at radius 1 is 1.20 bits per heavy atom. The summed E-state index contributed by atoms with van der Waals surface area (Å²) in [6.45, 7) is 7.66. The van der Waals surface area contributed by atoms with Gasteiger partial charge in [-0.05, 0) is 51.7 Å². The van der Waals surface area contributed by atoms with E-state index < -0.39 is 11.4 Å². The number of carbonyl (C=O) groups is 2. The fourth-order valence-corrected chi connectivity index (χ4v) is 2.78. The van der Waals surface area contributed by atoms with Crippen LogP contribution in [0.4, 0.5) is 0 Å². The van der Waals surface area contributed by atoms with E-state index in [1.807, 2.05) is 13.8 Å². The van der Waals surface area contributed by atoms with E-state index in [-0.39, 0.29) is 12.3 Å². The van der Waals surface area contributed by atoms with Crippen LogP contribution in [0.3, 0.4) is 0 Å². The maximum absolute atomic E-state index is 11.9. The number of likely N-dealkylation sites (tertiary alicyclic amines) is 1. The quantitative estimate of drug-likeness (QED) is 0.634. The molecule has 1 amide bonds. The van der Waals surface area contributed by atoms with Crippen LogP contribution in [0, 0.1) is 5.41 Å². The van der Waals surface area contributed by atoms with Crippen molar-refractivity contribution in [2.75, 3.05) is 26.2 Å². The largest absolute Gasteiger partial charge is 0.481 e. The number of carboxylic acid groups (broad SMARTS) is 1. The first-order valence-electron chi connectivity index (χ1n) is 7.76. The Bertz CT molecular complexity index is 321. The molecule has 1 aliphatic heterocycles. The third-order valence-electron chi connectivity index (χ3n) is 4.48. The highest BCUT2D eigenvalue weighted by Gasteiger charge is 2.36. The van der Waals surface area contributed by atoms with Crippen LogP contribution in [0.25, 0.3) is 0 Å². The van der Waals surface area contributed by atoms with Gasteiger partial charge in [0.05, 0.1) is 5.41 Å². The lowest BCUT2D eigenvalue weighted by Crippen LogP contribution is -2.37. The number of hydrogen-bond donors (Lipinski definition) is 2. The Kier molecular flexibility index (Phi) is 6.99. The summed E-state index contributed by atoms with van der Waals surface area (Å²) in [5, 5.41) is 12.2. The van der Waals surface area contributed by atoms with Crippen LogP contribution >= 0.6 is 0 Å². The standard InChI is InChI=1S/C15H28N2O3/c1-3-15(4-2,14(19)20)12-13(18)16-8-7-11-17-9-5-6-10-17/h3-12H2,1-2H3,(H,16,18)(H,19,20). The highest BCUT2D eigenvalue weighted by Crippen LogP contribution is 2.30. The first kappa shape index (κ1) is 17.0. The highest BCUT2D eigenvalue weighted by atomic mass is 16.4. The van der Waals surface area contributed by atoms with Gasteiger partial charge in [0.25, 0.3) is 0 Å². The van der Waals surface area contributed by atoms with Crippen molar-refractivity contribution in [3.05, 3.63) is 0 Å². The van der Waals surface area contributed by atoms with E-state index in [9.17, 15) is 14.7 Å². The first-order chi connectivity index (χ1) is 9.54. The number of carboxylic acids is 1. The second kappa shape index (κ2) is 8.25. The molecule has 1 fully saturated rings. The molecule has 0 atom stereocenters. The Balaban J connectivity index is 2.25. The predicted molar refractivity (Wildman–Crippen MR) is 78.6 cm³/mol. The predicted octanol–water partition coefficient (Wildman–Crippen LogP) is 1.87. The van der Waals surface area contributed by atoms with E-state index in [1.165, 1.54) is 25.9 Å². The molecule has 1 heterocycles. The Hall–Kier alpha value is -1.10. The van der Waals surface area contributed by atoms with Crippen molar-refractivity contribution in [2.24, 2.45) is 5.41 Å². The number of carbonyl (C=O) groups excluding carboxylic acids is 1. The molecular weight excluding hydrogens is 256 g/mol. The lowest BCUT2D eigenvalue weighted by Gasteiger charge is -2.25. The number of rotatable bonds is 9. The van der Waals surface area contributed by atoms with Crippen LogP contribution < -0.4 is 5.32 Å². The van der Waals surface area contributed by atoms with Crippen LogP contribution in [0.2, 0.25) is 0 Å². The van der Waals surface area contributed by atoms with Gasteiger partial charge in [-0.3, -0.25) is 9.59 Å². The van der Waals surface area contributed by atoms with Crippen molar-refractivity contribution in [2.45, 2.75) is 52.4 Å². The number of nitrogens with zero attached hydrogens (tertiary/aromatic N) is 1. The molecular formula is C15H28N2O3. The zero-order chi connectivity index (χ0) is 15.0. The van der Waals surface area contributed by atoms with E-state index >= 15 is 0 Å². The molecule has 0 spiro atoms. The number of hydrogen-bond acceptors (Lipinski definition) is 3. The number of aliphatic carboxylic acids is 1. The van der Waals surface area contributed by atoms with Gasteiger partial charge in [-0.2, -0.15) is 0 Å². The first-order valence-corrected chi connectivity index (χ1v) is 7.76. The minimum absolute atomic E-state index is 0.0824. The Morgan fingerprint density at radius 3 is 2.30 bits per heavy atom. The second-order valence-electron chi connectivity index (χ2n) is 5.72. The van der Waals surface area contributed by atoms with Gasteiger partial charge in [0.2, 0.25) is 5.91 Å². The normalized spacial score (nSPS) is 16.3. The SMILES string of the molecule is CCC(CC)(CC(=O)NCCCN1CCCC1)C(=O)O. The molecule has 0 aromatic rings. The van der Waals surface area contributed by atoms with Gasteiger partial charge in [0, 0.05) is 13.0 Å². The fourth-order valence-electron chi connectivity index (χ4n) is 2.78. The van der Waals surface area contributed by atoms with Crippen LogP contribution in [0.1, 0.15) is 52.4 Å². The van der Waals surface area contributed by atoms with Gasteiger partial charge in [-0.1, -0.05) is 13.8 Å². The Labute approximate surface area is 121 Å². The molecule has 1 rings (SSSR count). The summed E-state index contributed by atoms with van der Waals surface area (Å²) in [4.78, 5) is 25.6. The molecule has 116 valence electrons. The van der Waals surface area contributed by atoms with Gasteiger partial charge >= 0.3 is 5.97 Å². The van der Waals surface area contributed by atoms with E-state index in [0.29, 0.717) is 19.4 Å². The van der Waals surface area contributed by atoms with Crippen molar-refractivity contribution < 1.29 is 14.7 Å². The lowest BCUT2D eigenvalue weighted by atomic mass is 9.79. The zero-order valence-electron chi connectivity index (χ0n) is 12.8. The molecule has 5 heteroatoms. The third-order valence-corrected chi connectivity index (χ3v) is 4.48. The molecule has 0 saturated carbocycles. The maximum atomic E-state index is 11.9. The van der Waals surface area contributed by atoms with Gasteiger partial charge in [0.15, 0.2) is 0 Å². The monoisotopic (exact) mass is 284 g/mol. The molecule has 0 bridgehead atoms. The van der Waals surface area contributed by atoms with Crippen LogP contribution in [0.15, 0.2) is 0 Å². The fraction of sp³-hybridized carbons (Fsp3) is 0.867. The molecule has 5 nitrogen and oxygen atoms in total. The van der Waals surface area contributed by atoms with Gasteiger partial charge in [-0.25, -0.2) is 0 Å². The number of amides is 1. The molecule has 1 saturated heterocycles. The van der Waals surface area contributed by atoms with Gasteiger partial charge in [-0.15, -0.1) is 0 Å². The summed E-state index contributed by atoms with van der Waals surface area (Å²) in [5.74, 6) is -1.01. The summed E-state index contributed by atoms with van der Waals surface area (Å²) in [6, 6.07) is 0. The summed E-state index contributed by atoms with van der Waals surface area (Å²) < 4.78 is 0. The minimum atomic E-state index is -0.904. The van der Waals surface area contributed by atoms with E-state index in [2.05, 4.69) is 10.2 Å². The molecule has 0 aromatic carbocycles. The van der Waals surface area contributed by atoms with Gasteiger partial charge in [0.1, 0.15) is 0 Å². The van der Waals surface area contributed by atoms with Crippen LogP contribution in [-0.2, 0) is 9.59 Å². The lowest BCUT2D eigenvalue weighted by molar-refractivity contribution is -0.152. The van der Waals surface area contributed by atoms with Crippen molar-refractivity contribution >= 4 is 11.9 Å². The van der Waals surface area contributed by atoms with Crippen molar-refractivity contribution in [3.63, 3.8) is 0 Å². The second-order valence-corrected chi connectivity index (χ2v) is 5.72. The van der Waals surface area contributed by atoms with Crippen molar-refractivity contribution in [1.29, 1.82) is 0 Å². The summed E-state index contributed by atoms with van der Waals surface area (Å²) in [5.41, 5.74) is -0.904. The smallest absolute Gasteiger partial charge is 0.310 e. The average Bonchev–Trinajstić information content (AvgIpc) is 2.94. The summed E-state index contributed by atoms with van der Waals surface area (Å²) >= 11 is 0. The molecule has 2 N–H and O–H groups in total. The minimum Gasteiger partial charge on any atom is -0.481 e. The zero-order valence-corrected chi connectivity index (χ0v) is 12.8. The van der Waals surface area contributed by atoms with Crippen molar-refractivity contribution in [1.82, 2.24) is 10.2 Å². The van der Waals surface area contributed by atoms with Crippen LogP contribution in [-0.4, -0.2) is 48.1 Å². The molecule has 0 unspecified atom stereocenters. The van der Waals surface area contributed by atoms with Gasteiger partial charge < -0.3 is 15.3 Å². The molecule has 20 heavy (non-hydrogen) atoms. The highest BCUT2D eigenvalue weighted by molar-refractivity contribution is 5.84.